The van der Waals surface area contributed by atoms with Gasteiger partial charge in [0.15, 0.2) is 0 Å². The van der Waals surface area contributed by atoms with Gasteiger partial charge in [0, 0.05) is 6.92 Å². The molecule has 0 aromatic heterocycles. The summed E-state index contributed by atoms with van der Waals surface area (Å²) in [5, 5.41) is -0.361. The van der Waals surface area contributed by atoms with Crippen molar-refractivity contribution in [2.45, 2.75) is 6.86 Å². The molecule has 50 valence electrons. The Morgan fingerprint density at radius 3 is 1.50 bits per heavy atom. The molecule has 0 bridgehead atoms. The minimum atomic E-state index is -0.361. The number of rotatable bonds is 0. The van der Waals surface area contributed by atoms with Crippen molar-refractivity contribution in [1.29, 1.82) is 0 Å². The molecule has 0 atom stereocenters. The molecular formula is C3H4ClI3O. The third-order valence-corrected chi connectivity index (χ3v) is 0. The van der Waals surface area contributed by atoms with E-state index >= 15 is 0 Å². The van der Waals surface area contributed by atoms with Crippen molar-refractivity contribution in [1.82, 2.24) is 0 Å². The van der Waals surface area contributed by atoms with Crippen LogP contribution in [0, 0.1) is 0 Å². The van der Waals surface area contributed by atoms with E-state index in [0.29, 0.717) is 0 Å². The molecule has 0 aliphatic rings. The summed E-state index contributed by atoms with van der Waals surface area (Å²) < 4.78 is 0.743. The van der Waals surface area contributed by atoms with Crippen molar-refractivity contribution in [3.63, 3.8) is 0 Å². The van der Waals surface area contributed by atoms with Crippen LogP contribution >= 0.6 is 79.4 Å². The molecule has 5 heteroatoms. The summed E-state index contributed by atoms with van der Waals surface area (Å²) in [6.45, 7) is 1.29. The molecule has 0 aliphatic carbocycles. The third kappa shape index (κ3) is 90.1. The molecule has 0 aromatic carbocycles. The van der Waals surface area contributed by atoms with Gasteiger partial charge in [0.25, 0.3) is 0 Å². The fraction of sp³-hybridized carbons (Fsp3) is 0.667. The van der Waals surface area contributed by atoms with Crippen LogP contribution in [-0.2, 0) is 4.79 Å². The van der Waals surface area contributed by atoms with E-state index in [1.807, 2.05) is 0 Å². The van der Waals surface area contributed by atoms with E-state index in [0.717, 1.165) is -0.0619 Å². The second kappa shape index (κ2) is 9.15. The highest BCUT2D eigenvalue weighted by Crippen LogP contribution is 2.16. The third-order valence-electron chi connectivity index (χ3n) is 0. The van der Waals surface area contributed by atoms with Gasteiger partial charge in [-0.25, -0.2) is 0 Å². The van der Waals surface area contributed by atoms with E-state index < -0.39 is 0 Å². The summed E-state index contributed by atoms with van der Waals surface area (Å²) in [6, 6.07) is 0. The molecule has 0 heterocycles. The van der Waals surface area contributed by atoms with Gasteiger partial charge in [0.1, 0.15) is -0.0619 Å². The molecule has 0 aromatic rings. The first-order chi connectivity index (χ1) is 3.46. The maximum atomic E-state index is 9.21. The molecule has 0 saturated carbocycles. The van der Waals surface area contributed by atoms with Gasteiger partial charge in [-0.15, -0.1) is 0 Å². The summed E-state index contributed by atoms with van der Waals surface area (Å²) in [4.78, 5) is 9.21. The Balaban J connectivity index is 0. The Morgan fingerprint density at radius 1 is 1.50 bits per heavy atom. The second-order valence-electron chi connectivity index (χ2n) is 0.718. The van der Waals surface area contributed by atoms with E-state index in [9.17, 15) is 4.79 Å². The Hall–Kier alpha value is 2.15. The fourth-order valence-corrected chi connectivity index (χ4v) is 0. The first kappa shape index (κ1) is 12.8. The monoisotopic (exact) mass is 472 g/mol. The van der Waals surface area contributed by atoms with Gasteiger partial charge in [-0.2, -0.15) is 0 Å². The zero-order valence-corrected chi connectivity index (χ0v) is 11.2. The Kier molecular flexibility index (Phi) is 14.6. The topological polar surface area (TPSA) is 17.1 Å². The summed E-state index contributed by atoms with van der Waals surface area (Å²) in [5.74, 6) is 0. The van der Waals surface area contributed by atoms with Crippen molar-refractivity contribution in [3.05, 3.63) is 0 Å². The highest BCUT2D eigenvalue weighted by atomic mass is 127. The van der Waals surface area contributed by atoms with Crippen molar-refractivity contribution in [2.75, 3.05) is 0 Å². The van der Waals surface area contributed by atoms with Crippen LogP contribution in [0.4, 0.5) is 0 Å². The summed E-state index contributed by atoms with van der Waals surface area (Å²) in [7, 11) is 0. The zero-order chi connectivity index (χ0) is 7.15. The van der Waals surface area contributed by atoms with Crippen LogP contribution < -0.4 is 0 Å². The van der Waals surface area contributed by atoms with Crippen molar-refractivity contribution >= 4 is 84.6 Å². The summed E-state index contributed by atoms with van der Waals surface area (Å²) in [5.41, 5.74) is 0. The van der Waals surface area contributed by atoms with E-state index in [2.05, 4.69) is 79.4 Å². The molecular weight excluding hydrogens is 468 g/mol. The van der Waals surface area contributed by atoms with Crippen LogP contribution in [0.25, 0.3) is 0 Å². The van der Waals surface area contributed by atoms with Crippen LogP contribution in [0.2, 0.25) is 0 Å². The largest absolute Gasteiger partial charge is 0.282 e. The van der Waals surface area contributed by atoms with E-state index in [1.54, 1.807) is 0 Å². The Morgan fingerprint density at radius 2 is 1.50 bits per heavy atom. The van der Waals surface area contributed by atoms with Gasteiger partial charge in [-0.1, -0.05) is 67.8 Å². The van der Waals surface area contributed by atoms with Gasteiger partial charge in [-0.05, 0) is 11.6 Å². The number of alkyl halides is 3. The van der Waals surface area contributed by atoms with Gasteiger partial charge in [0.2, 0.25) is 5.24 Å². The van der Waals surface area contributed by atoms with Gasteiger partial charge in [-0.3, -0.25) is 4.79 Å². The average Bonchev–Trinajstić information content (AvgIpc) is 1.25. The average molecular weight is 472 g/mol. The lowest BCUT2D eigenvalue weighted by atomic mass is 10.9. The quantitative estimate of drug-likeness (QED) is 0.301. The molecule has 0 spiro atoms. The van der Waals surface area contributed by atoms with Crippen LogP contribution in [0.1, 0.15) is 6.92 Å². The number of hydrogen-bond acceptors (Lipinski definition) is 1. The second-order valence-corrected chi connectivity index (χ2v) is 12.1. The first-order valence-electron chi connectivity index (χ1n) is 1.55. The molecule has 0 amide bonds. The standard InChI is InChI=1S/C2H3ClO.CHI3/c1-2(3)4;2-1(3)4/h1H3;1H. The molecule has 1 nitrogen and oxygen atoms in total. The Labute approximate surface area is 94.7 Å². The normalized spacial score (nSPS) is 7.75. The van der Waals surface area contributed by atoms with Crippen LogP contribution in [0.15, 0.2) is 0 Å². The predicted octanol–water partition coefficient (Wildman–Crippen LogP) is 3.35. The minimum absolute atomic E-state index is 0.361. The molecule has 0 aliphatic heterocycles. The lowest BCUT2D eigenvalue weighted by Gasteiger charge is -1.71. The van der Waals surface area contributed by atoms with E-state index in [-0.39, 0.29) is 5.24 Å². The minimum Gasteiger partial charge on any atom is -0.282 e. The van der Waals surface area contributed by atoms with E-state index in [1.165, 1.54) is 6.92 Å². The predicted molar refractivity (Wildman–Crippen MR) is 62.4 cm³/mol. The highest BCUT2D eigenvalue weighted by Gasteiger charge is 1.76. The highest BCUT2D eigenvalue weighted by molar-refractivity contribution is 14.3. The molecule has 0 fully saturated rings. The lowest BCUT2D eigenvalue weighted by Crippen LogP contribution is -1.62. The maximum absolute atomic E-state index is 9.21. The molecule has 0 saturated heterocycles. The van der Waals surface area contributed by atoms with E-state index in [4.69, 9.17) is 0 Å². The first-order valence-corrected chi connectivity index (χ1v) is 5.66. The number of carbonyl (C=O) groups is 1. The lowest BCUT2D eigenvalue weighted by molar-refractivity contribution is -0.109. The maximum Gasteiger partial charge on any atom is 0.218 e. The SMILES string of the molecule is CC(=O)Cl.IC(I)I. The van der Waals surface area contributed by atoms with Crippen molar-refractivity contribution in [2.24, 2.45) is 0 Å². The molecule has 0 radical (unpaired) electrons. The van der Waals surface area contributed by atoms with Crippen molar-refractivity contribution < 1.29 is 4.79 Å². The van der Waals surface area contributed by atoms with Crippen LogP contribution in [0.5, 0.6) is 0 Å². The summed E-state index contributed by atoms with van der Waals surface area (Å²) >= 11 is 11.6. The zero-order valence-electron chi connectivity index (χ0n) is 4.00. The molecule has 0 unspecified atom stereocenters. The molecule has 0 N–H and O–H groups in total. The number of hydrogen-bond donors (Lipinski definition) is 0. The smallest absolute Gasteiger partial charge is 0.218 e. The van der Waals surface area contributed by atoms with Gasteiger partial charge < -0.3 is 0 Å². The number of carbonyl (C=O) groups excluding carboxylic acids is 1. The van der Waals surface area contributed by atoms with Crippen LogP contribution in [-0.4, -0.2) is 5.18 Å². The number of halogens is 4. The van der Waals surface area contributed by atoms with Gasteiger partial charge in [0.05, 0.1) is 0 Å². The summed E-state index contributed by atoms with van der Waals surface area (Å²) in [6.07, 6.45) is 0. The fourth-order valence-electron chi connectivity index (χ4n) is 0. The molecule has 0 rings (SSSR count). The van der Waals surface area contributed by atoms with Crippen molar-refractivity contribution in [3.8, 4) is 0 Å². The van der Waals surface area contributed by atoms with Crippen LogP contribution in [0.3, 0.4) is 0 Å². The Bertz CT molecular complexity index is 58.8. The van der Waals surface area contributed by atoms with Gasteiger partial charge >= 0.3 is 0 Å². The molecule has 8 heavy (non-hydrogen) atoms.